The number of aryl methyl sites for hydroxylation is 1. The summed E-state index contributed by atoms with van der Waals surface area (Å²) < 4.78 is 10.2. The van der Waals surface area contributed by atoms with Crippen LogP contribution < -0.4 is 9.47 Å². The van der Waals surface area contributed by atoms with Crippen molar-refractivity contribution in [3.05, 3.63) is 47.3 Å². The van der Waals surface area contributed by atoms with Gasteiger partial charge in [-0.05, 0) is 19.4 Å². The summed E-state index contributed by atoms with van der Waals surface area (Å²) in [6.45, 7) is 3.64. The number of nitrogens with zero attached hydrogens (tertiary/aromatic N) is 2. The Labute approximate surface area is 118 Å². The molecule has 0 spiro atoms. The molecule has 0 saturated heterocycles. The van der Waals surface area contributed by atoms with Crippen LogP contribution in [0.25, 0.3) is 0 Å². The van der Waals surface area contributed by atoms with E-state index in [2.05, 4.69) is 9.97 Å². The molecule has 0 saturated carbocycles. The zero-order valence-electron chi connectivity index (χ0n) is 12.0. The molecule has 5 nitrogen and oxygen atoms in total. The second-order valence-corrected chi connectivity index (χ2v) is 4.71. The van der Waals surface area contributed by atoms with Crippen LogP contribution in [0.3, 0.4) is 0 Å². The predicted molar refractivity (Wildman–Crippen MR) is 75.0 cm³/mol. The summed E-state index contributed by atoms with van der Waals surface area (Å²) in [6, 6.07) is 7.61. The molecular formula is C15H18N2O3. The third-order valence-electron chi connectivity index (χ3n) is 3.16. The Kier molecular flexibility index (Phi) is 3.90. The van der Waals surface area contributed by atoms with Gasteiger partial charge in [0, 0.05) is 0 Å². The molecule has 0 aliphatic rings. The maximum absolute atomic E-state index is 10.8. The van der Waals surface area contributed by atoms with Crippen LogP contribution in [0, 0.1) is 6.92 Å². The molecule has 1 heterocycles. The maximum Gasteiger partial charge on any atom is 0.242 e. The van der Waals surface area contributed by atoms with Gasteiger partial charge in [0.1, 0.15) is 11.3 Å². The van der Waals surface area contributed by atoms with Crippen molar-refractivity contribution in [3.8, 4) is 11.8 Å². The van der Waals surface area contributed by atoms with Crippen molar-refractivity contribution in [2.24, 2.45) is 0 Å². The third-order valence-corrected chi connectivity index (χ3v) is 3.16. The molecular weight excluding hydrogens is 256 g/mol. The fourth-order valence-corrected chi connectivity index (χ4v) is 2.02. The molecule has 1 aromatic heterocycles. The van der Waals surface area contributed by atoms with Gasteiger partial charge in [-0.3, -0.25) is 0 Å². The topological polar surface area (TPSA) is 64.5 Å². The van der Waals surface area contributed by atoms with Crippen LogP contribution in [0.5, 0.6) is 11.8 Å². The highest BCUT2D eigenvalue weighted by molar-refractivity contribution is 5.38. The summed E-state index contributed by atoms with van der Waals surface area (Å²) in [5.41, 5.74) is 0.848. The van der Waals surface area contributed by atoms with E-state index >= 15 is 0 Å². The Morgan fingerprint density at radius 1 is 1.20 bits per heavy atom. The summed E-state index contributed by atoms with van der Waals surface area (Å²) in [5, 5.41) is 10.8. The minimum absolute atomic E-state index is 0.246. The molecule has 1 N–H and O–H groups in total. The maximum atomic E-state index is 10.8. The van der Waals surface area contributed by atoms with Gasteiger partial charge in [0.05, 0.1) is 20.4 Å². The molecule has 1 unspecified atom stereocenters. The van der Waals surface area contributed by atoms with E-state index in [-0.39, 0.29) is 5.88 Å². The van der Waals surface area contributed by atoms with Gasteiger partial charge in [0.2, 0.25) is 11.8 Å². The van der Waals surface area contributed by atoms with Gasteiger partial charge in [0.15, 0.2) is 0 Å². The molecule has 5 heteroatoms. The highest BCUT2D eigenvalue weighted by Gasteiger charge is 2.32. The number of rotatable bonds is 4. The summed E-state index contributed by atoms with van der Waals surface area (Å²) in [6.07, 6.45) is 1.46. The van der Waals surface area contributed by atoms with Crippen LogP contribution in [0.2, 0.25) is 0 Å². The standard InChI is InChI=1S/C15H18N2O3/c1-10-6-5-7-11(8-10)15(2,18)13-14(20-4)17-12(19-3)9-16-13/h5-9,18H,1-4H3. The summed E-state index contributed by atoms with van der Waals surface area (Å²) in [7, 11) is 2.99. The second kappa shape index (κ2) is 5.46. The van der Waals surface area contributed by atoms with E-state index in [9.17, 15) is 5.11 Å². The van der Waals surface area contributed by atoms with Crippen molar-refractivity contribution >= 4 is 0 Å². The lowest BCUT2D eigenvalue weighted by Gasteiger charge is -2.24. The summed E-state index contributed by atoms with van der Waals surface area (Å²) >= 11 is 0. The zero-order valence-corrected chi connectivity index (χ0v) is 12.0. The second-order valence-electron chi connectivity index (χ2n) is 4.71. The Bertz CT molecular complexity index is 612. The first kappa shape index (κ1) is 14.3. The molecule has 1 aromatic carbocycles. The van der Waals surface area contributed by atoms with Gasteiger partial charge in [-0.25, -0.2) is 4.98 Å². The van der Waals surface area contributed by atoms with Gasteiger partial charge >= 0.3 is 0 Å². The van der Waals surface area contributed by atoms with Crippen molar-refractivity contribution < 1.29 is 14.6 Å². The van der Waals surface area contributed by atoms with E-state index in [0.717, 1.165) is 11.1 Å². The third kappa shape index (κ3) is 2.58. The number of benzene rings is 1. The van der Waals surface area contributed by atoms with E-state index in [1.54, 1.807) is 6.92 Å². The van der Waals surface area contributed by atoms with Gasteiger partial charge < -0.3 is 14.6 Å². The fourth-order valence-electron chi connectivity index (χ4n) is 2.02. The van der Waals surface area contributed by atoms with Crippen LogP contribution in [0.15, 0.2) is 30.5 Å². The highest BCUT2D eigenvalue weighted by atomic mass is 16.5. The normalized spacial score (nSPS) is 13.7. The van der Waals surface area contributed by atoms with Crippen LogP contribution in [0.1, 0.15) is 23.7 Å². The molecule has 0 bridgehead atoms. The molecule has 106 valence electrons. The quantitative estimate of drug-likeness (QED) is 0.924. The average Bonchev–Trinajstić information content (AvgIpc) is 2.46. The molecule has 0 amide bonds. The Morgan fingerprint density at radius 3 is 2.55 bits per heavy atom. The lowest BCUT2D eigenvalue weighted by Crippen LogP contribution is -2.25. The van der Waals surface area contributed by atoms with E-state index in [0.29, 0.717) is 11.6 Å². The largest absolute Gasteiger partial charge is 0.480 e. The van der Waals surface area contributed by atoms with Crippen LogP contribution in [0.4, 0.5) is 0 Å². The van der Waals surface area contributed by atoms with E-state index in [4.69, 9.17) is 9.47 Å². The monoisotopic (exact) mass is 274 g/mol. The zero-order chi connectivity index (χ0) is 14.8. The van der Waals surface area contributed by atoms with Crippen molar-refractivity contribution in [3.63, 3.8) is 0 Å². The Balaban J connectivity index is 2.53. The number of hydrogen-bond acceptors (Lipinski definition) is 5. The molecule has 1 atom stereocenters. The minimum Gasteiger partial charge on any atom is -0.480 e. The van der Waals surface area contributed by atoms with Crippen molar-refractivity contribution in [2.45, 2.75) is 19.4 Å². The first-order chi connectivity index (χ1) is 9.48. The van der Waals surface area contributed by atoms with Crippen LogP contribution in [-0.2, 0) is 5.60 Å². The first-order valence-corrected chi connectivity index (χ1v) is 6.24. The average molecular weight is 274 g/mol. The Hall–Kier alpha value is -2.14. The van der Waals surface area contributed by atoms with Crippen LogP contribution in [-0.4, -0.2) is 29.3 Å². The van der Waals surface area contributed by atoms with E-state index < -0.39 is 5.60 Å². The van der Waals surface area contributed by atoms with E-state index in [1.807, 2.05) is 31.2 Å². The van der Waals surface area contributed by atoms with Gasteiger partial charge in [-0.2, -0.15) is 4.98 Å². The number of aliphatic hydroxyl groups is 1. The summed E-state index contributed by atoms with van der Waals surface area (Å²) in [5.74, 6) is 0.585. The number of aromatic nitrogens is 2. The van der Waals surface area contributed by atoms with Gasteiger partial charge in [-0.15, -0.1) is 0 Å². The number of methoxy groups -OCH3 is 2. The van der Waals surface area contributed by atoms with Crippen molar-refractivity contribution in [1.82, 2.24) is 9.97 Å². The molecule has 0 aliphatic heterocycles. The molecule has 20 heavy (non-hydrogen) atoms. The lowest BCUT2D eigenvalue weighted by atomic mass is 9.91. The Morgan fingerprint density at radius 2 is 1.95 bits per heavy atom. The molecule has 2 rings (SSSR count). The minimum atomic E-state index is -1.30. The van der Waals surface area contributed by atoms with Crippen molar-refractivity contribution in [2.75, 3.05) is 14.2 Å². The number of ether oxygens (including phenoxy) is 2. The molecule has 2 aromatic rings. The SMILES string of the molecule is COc1cnc(C(C)(O)c2cccc(C)c2)c(OC)n1. The summed E-state index contributed by atoms with van der Waals surface area (Å²) in [4.78, 5) is 8.39. The number of hydrogen-bond donors (Lipinski definition) is 1. The van der Waals surface area contributed by atoms with E-state index in [1.165, 1.54) is 20.4 Å². The molecule has 0 radical (unpaired) electrons. The van der Waals surface area contributed by atoms with Gasteiger partial charge in [0.25, 0.3) is 0 Å². The fraction of sp³-hybridized carbons (Fsp3) is 0.333. The molecule has 0 fully saturated rings. The first-order valence-electron chi connectivity index (χ1n) is 6.24. The van der Waals surface area contributed by atoms with Gasteiger partial charge in [-0.1, -0.05) is 29.8 Å². The predicted octanol–water partition coefficient (Wildman–Crippen LogP) is 2.06. The van der Waals surface area contributed by atoms with Crippen molar-refractivity contribution in [1.29, 1.82) is 0 Å². The van der Waals surface area contributed by atoms with Crippen LogP contribution >= 0.6 is 0 Å². The highest BCUT2D eigenvalue weighted by Crippen LogP contribution is 2.33. The lowest BCUT2D eigenvalue weighted by molar-refractivity contribution is 0.0926. The molecule has 0 aliphatic carbocycles. The smallest absolute Gasteiger partial charge is 0.242 e.